The maximum absolute atomic E-state index is 5.66. The molecule has 0 amide bonds. The lowest BCUT2D eigenvalue weighted by Gasteiger charge is -2.21. The molecule has 0 N–H and O–H groups in total. The van der Waals surface area contributed by atoms with E-state index in [4.69, 9.17) is 4.42 Å². The van der Waals surface area contributed by atoms with E-state index in [0.717, 1.165) is 56.5 Å². The highest BCUT2D eigenvalue weighted by Gasteiger charge is 2.21. The lowest BCUT2D eigenvalue weighted by Crippen LogP contribution is -2.31. The van der Waals surface area contributed by atoms with Gasteiger partial charge in [-0.25, -0.2) is 4.98 Å². The van der Waals surface area contributed by atoms with Crippen LogP contribution in [0.3, 0.4) is 0 Å². The summed E-state index contributed by atoms with van der Waals surface area (Å²) in [6.45, 7) is 11.2. The Morgan fingerprint density at radius 3 is 2.74 bits per heavy atom. The molecule has 1 aliphatic heterocycles. The van der Waals surface area contributed by atoms with E-state index in [1.807, 2.05) is 12.1 Å². The number of nitrogens with zero attached hydrogens (tertiary/aromatic N) is 5. The Hall–Kier alpha value is -1.95. The highest BCUT2D eigenvalue weighted by Crippen LogP contribution is 2.22. The van der Waals surface area contributed by atoms with E-state index in [-0.39, 0.29) is 5.41 Å². The summed E-state index contributed by atoms with van der Waals surface area (Å²) in [6.07, 6.45) is 4.60. The summed E-state index contributed by atoms with van der Waals surface area (Å²) in [5.41, 5.74) is 1.05. The minimum absolute atomic E-state index is 0.0311. The fourth-order valence-electron chi connectivity index (χ4n) is 2.74. The van der Waals surface area contributed by atoms with Gasteiger partial charge in [0.05, 0.1) is 12.2 Å². The standard InChI is InChI=1S/C17H25N5O/c1-17(2,3)14-13-23-16(19-14)12-21-8-5-9-22(11-10-21)15-6-4-7-18-20-15/h4,6-7,13H,5,8-12H2,1-3H3. The van der Waals surface area contributed by atoms with Crippen molar-refractivity contribution < 1.29 is 4.42 Å². The van der Waals surface area contributed by atoms with E-state index in [2.05, 4.69) is 45.8 Å². The fraction of sp³-hybridized carbons (Fsp3) is 0.588. The molecule has 0 bridgehead atoms. The Morgan fingerprint density at radius 2 is 2.04 bits per heavy atom. The molecule has 0 radical (unpaired) electrons. The van der Waals surface area contributed by atoms with Gasteiger partial charge < -0.3 is 9.32 Å². The molecule has 6 heteroatoms. The average Bonchev–Trinajstić information content (AvgIpc) is 2.88. The van der Waals surface area contributed by atoms with Crippen LogP contribution in [0.2, 0.25) is 0 Å². The van der Waals surface area contributed by atoms with Gasteiger partial charge in [-0.3, -0.25) is 4.90 Å². The molecule has 0 spiro atoms. The molecule has 6 nitrogen and oxygen atoms in total. The van der Waals surface area contributed by atoms with Crippen molar-refractivity contribution >= 4 is 5.82 Å². The van der Waals surface area contributed by atoms with E-state index >= 15 is 0 Å². The van der Waals surface area contributed by atoms with Gasteiger partial charge in [-0.2, -0.15) is 5.10 Å². The number of hydrogen-bond acceptors (Lipinski definition) is 6. The van der Waals surface area contributed by atoms with Crippen molar-refractivity contribution in [3.8, 4) is 0 Å². The lowest BCUT2D eigenvalue weighted by atomic mass is 9.93. The Balaban J connectivity index is 1.59. The molecule has 3 heterocycles. The van der Waals surface area contributed by atoms with Gasteiger partial charge in [-0.05, 0) is 18.6 Å². The van der Waals surface area contributed by atoms with Crippen LogP contribution in [0.15, 0.2) is 29.0 Å². The van der Waals surface area contributed by atoms with Gasteiger partial charge in [-0.15, -0.1) is 5.10 Å². The number of rotatable bonds is 3. The summed E-state index contributed by atoms with van der Waals surface area (Å²) in [4.78, 5) is 9.33. The van der Waals surface area contributed by atoms with Crippen molar-refractivity contribution in [2.75, 3.05) is 31.1 Å². The molecule has 0 aliphatic carbocycles. The van der Waals surface area contributed by atoms with Gasteiger partial charge in [0.25, 0.3) is 0 Å². The smallest absolute Gasteiger partial charge is 0.208 e. The van der Waals surface area contributed by atoms with Crippen LogP contribution in [-0.2, 0) is 12.0 Å². The Morgan fingerprint density at radius 1 is 1.17 bits per heavy atom. The normalized spacial score (nSPS) is 17.3. The summed E-state index contributed by atoms with van der Waals surface area (Å²) in [5.74, 6) is 1.77. The van der Waals surface area contributed by atoms with Crippen LogP contribution in [0, 0.1) is 0 Å². The molecular formula is C17H25N5O. The monoisotopic (exact) mass is 315 g/mol. The largest absolute Gasteiger partial charge is 0.447 e. The summed E-state index contributed by atoms with van der Waals surface area (Å²) in [7, 11) is 0. The molecule has 0 atom stereocenters. The first-order valence-electron chi connectivity index (χ1n) is 8.22. The van der Waals surface area contributed by atoms with Crippen LogP contribution >= 0.6 is 0 Å². The van der Waals surface area contributed by atoms with Crippen LogP contribution in [0.1, 0.15) is 38.8 Å². The molecule has 1 fully saturated rings. The minimum Gasteiger partial charge on any atom is -0.447 e. The summed E-state index contributed by atoms with van der Waals surface area (Å²) < 4.78 is 5.66. The van der Waals surface area contributed by atoms with Crippen molar-refractivity contribution in [2.24, 2.45) is 0 Å². The molecule has 1 aliphatic rings. The molecule has 0 unspecified atom stereocenters. The number of hydrogen-bond donors (Lipinski definition) is 0. The predicted octanol–water partition coefficient (Wildman–Crippen LogP) is 2.47. The summed E-state index contributed by atoms with van der Waals surface area (Å²) >= 11 is 0. The molecule has 3 rings (SSSR count). The first-order chi connectivity index (χ1) is 11.0. The zero-order valence-electron chi connectivity index (χ0n) is 14.2. The van der Waals surface area contributed by atoms with Crippen LogP contribution in [0.4, 0.5) is 5.82 Å². The third-order valence-corrected chi connectivity index (χ3v) is 4.15. The van der Waals surface area contributed by atoms with Gasteiger partial charge in [0.2, 0.25) is 5.89 Å². The van der Waals surface area contributed by atoms with E-state index in [1.54, 1.807) is 12.5 Å². The summed E-state index contributed by atoms with van der Waals surface area (Å²) in [5, 5.41) is 8.18. The quantitative estimate of drug-likeness (QED) is 0.867. The molecule has 2 aromatic rings. The predicted molar refractivity (Wildman–Crippen MR) is 89.3 cm³/mol. The Kier molecular flexibility index (Phi) is 4.61. The molecule has 0 saturated carbocycles. The molecule has 1 saturated heterocycles. The van der Waals surface area contributed by atoms with E-state index in [9.17, 15) is 0 Å². The van der Waals surface area contributed by atoms with Crippen molar-refractivity contribution in [1.29, 1.82) is 0 Å². The zero-order valence-corrected chi connectivity index (χ0v) is 14.2. The van der Waals surface area contributed by atoms with Crippen molar-refractivity contribution in [3.05, 3.63) is 36.2 Å². The second kappa shape index (κ2) is 6.66. The van der Waals surface area contributed by atoms with Gasteiger partial charge in [-0.1, -0.05) is 20.8 Å². The number of oxazole rings is 1. The molecule has 124 valence electrons. The molecule has 23 heavy (non-hydrogen) atoms. The highest BCUT2D eigenvalue weighted by atomic mass is 16.3. The Labute approximate surface area is 137 Å². The third-order valence-electron chi connectivity index (χ3n) is 4.15. The third kappa shape index (κ3) is 4.07. The van der Waals surface area contributed by atoms with E-state index in [1.165, 1.54) is 0 Å². The average molecular weight is 315 g/mol. The first-order valence-corrected chi connectivity index (χ1v) is 8.22. The van der Waals surface area contributed by atoms with Gasteiger partial charge in [0.15, 0.2) is 5.82 Å². The topological polar surface area (TPSA) is 58.3 Å². The summed E-state index contributed by atoms with van der Waals surface area (Å²) in [6, 6.07) is 3.96. The van der Waals surface area contributed by atoms with Gasteiger partial charge in [0, 0.05) is 37.8 Å². The SMILES string of the molecule is CC(C)(C)c1coc(CN2CCCN(c3cccnn3)CC2)n1. The second-order valence-corrected chi connectivity index (χ2v) is 7.08. The maximum Gasteiger partial charge on any atom is 0.208 e. The number of anilines is 1. The first kappa shape index (κ1) is 15.9. The molecule has 0 aromatic carbocycles. The van der Waals surface area contributed by atoms with Crippen LogP contribution < -0.4 is 4.90 Å². The fourth-order valence-corrected chi connectivity index (χ4v) is 2.74. The molecule has 2 aromatic heterocycles. The maximum atomic E-state index is 5.66. The van der Waals surface area contributed by atoms with E-state index < -0.39 is 0 Å². The van der Waals surface area contributed by atoms with Gasteiger partial charge in [0.1, 0.15) is 6.26 Å². The van der Waals surface area contributed by atoms with Gasteiger partial charge >= 0.3 is 0 Å². The van der Waals surface area contributed by atoms with Crippen molar-refractivity contribution in [3.63, 3.8) is 0 Å². The minimum atomic E-state index is 0.0311. The second-order valence-electron chi connectivity index (χ2n) is 7.08. The van der Waals surface area contributed by atoms with Crippen LogP contribution in [0.5, 0.6) is 0 Å². The van der Waals surface area contributed by atoms with Crippen molar-refractivity contribution in [1.82, 2.24) is 20.1 Å². The van der Waals surface area contributed by atoms with Crippen LogP contribution in [-0.4, -0.2) is 46.3 Å². The van der Waals surface area contributed by atoms with Crippen LogP contribution in [0.25, 0.3) is 0 Å². The molecular weight excluding hydrogens is 290 g/mol. The number of aromatic nitrogens is 3. The Bertz CT molecular complexity index is 619. The van der Waals surface area contributed by atoms with Crippen molar-refractivity contribution in [2.45, 2.75) is 39.2 Å². The van der Waals surface area contributed by atoms with E-state index in [0.29, 0.717) is 0 Å². The zero-order chi connectivity index (χ0) is 16.3. The highest BCUT2D eigenvalue weighted by molar-refractivity contribution is 5.36. The lowest BCUT2D eigenvalue weighted by molar-refractivity contribution is 0.255.